The van der Waals surface area contributed by atoms with E-state index in [4.69, 9.17) is 27.9 Å². The van der Waals surface area contributed by atoms with Crippen LogP contribution in [0.25, 0.3) is 0 Å². The number of halogens is 2. The first-order valence-corrected chi connectivity index (χ1v) is 7.35. The molecule has 1 amide bonds. The number of nitrogens with one attached hydrogen (secondary N) is 1. The van der Waals surface area contributed by atoms with Crippen LogP contribution in [0.4, 0.5) is 5.69 Å². The fraction of sp³-hybridized carbons (Fsp3) is 0.118. The van der Waals surface area contributed by atoms with Crippen molar-refractivity contribution in [3.8, 4) is 5.75 Å². The Morgan fingerprint density at radius 1 is 1.18 bits per heavy atom. The van der Waals surface area contributed by atoms with Crippen molar-refractivity contribution in [3.63, 3.8) is 0 Å². The highest BCUT2D eigenvalue weighted by atomic mass is 35.5. The van der Waals surface area contributed by atoms with Gasteiger partial charge in [0.1, 0.15) is 12.4 Å². The first kappa shape index (κ1) is 16.4. The summed E-state index contributed by atoms with van der Waals surface area (Å²) < 4.78 is 5.62. The lowest BCUT2D eigenvalue weighted by atomic mass is 10.2. The maximum absolute atomic E-state index is 12.3. The van der Waals surface area contributed by atoms with Gasteiger partial charge in [0.2, 0.25) is 0 Å². The second kappa shape index (κ2) is 7.34. The minimum atomic E-state index is -0.309. The summed E-state index contributed by atoms with van der Waals surface area (Å²) in [6.07, 6.45) is 0. The Labute approximate surface area is 139 Å². The molecule has 1 N–H and O–H groups in total. The van der Waals surface area contributed by atoms with Crippen molar-refractivity contribution in [3.05, 3.63) is 70.2 Å². The Morgan fingerprint density at radius 3 is 2.45 bits per heavy atom. The third-order valence-corrected chi connectivity index (χ3v) is 3.17. The van der Waals surface area contributed by atoms with E-state index < -0.39 is 0 Å². The molecule has 0 fully saturated rings. The van der Waals surface area contributed by atoms with Crippen LogP contribution in [0, 0.1) is 0 Å². The average molecular weight is 336 g/mol. The van der Waals surface area contributed by atoms with Gasteiger partial charge < -0.3 is 10.1 Å². The van der Waals surface area contributed by atoms with Crippen LogP contribution in [0.1, 0.15) is 17.3 Å². The van der Waals surface area contributed by atoms with Gasteiger partial charge >= 0.3 is 0 Å². The summed E-state index contributed by atoms with van der Waals surface area (Å²) in [4.78, 5) is 12.3. The highest BCUT2D eigenvalue weighted by Crippen LogP contribution is 2.26. The molecule has 0 saturated carbocycles. The number of hydrogen-bond acceptors (Lipinski definition) is 2. The Kier molecular flexibility index (Phi) is 5.47. The quantitative estimate of drug-likeness (QED) is 0.762. The van der Waals surface area contributed by atoms with E-state index >= 15 is 0 Å². The molecule has 0 aliphatic heterocycles. The van der Waals surface area contributed by atoms with Crippen molar-refractivity contribution in [1.82, 2.24) is 0 Å². The number of ether oxygens (including phenoxy) is 1. The van der Waals surface area contributed by atoms with Gasteiger partial charge in [-0.15, -0.1) is 0 Å². The van der Waals surface area contributed by atoms with Gasteiger partial charge in [0.05, 0.1) is 5.69 Å². The van der Waals surface area contributed by atoms with Crippen LogP contribution in [0.3, 0.4) is 0 Å². The summed E-state index contributed by atoms with van der Waals surface area (Å²) in [6, 6.07) is 11.9. The van der Waals surface area contributed by atoms with Crippen LogP contribution in [0.2, 0.25) is 10.0 Å². The molecular formula is C17H15Cl2NO2. The third-order valence-electron chi connectivity index (χ3n) is 2.73. The molecule has 0 bridgehead atoms. The van der Waals surface area contributed by atoms with Crippen LogP contribution in [-0.4, -0.2) is 12.5 Å². The lowest BCUT2D eigenvalue weighted by Gasteiger charge is -2.12. The van der Waals surface area contributed by atoms with Crippen LogP contribution >= 0.6 is 23.2 Å². The number of hydrogen-bond donors (Lipinski definition) is 1. The smallest absolute Gasteiger partial charge is 0.255 e. The Balaban J connectivity index is 2.19. The Hall–Kier alpha value is -1.97. The highest BCUT2D eigenvalue weighted by Gasteiger charge is 2.11. The molecule has 2 rings (SSSR count). The van der Waals surface area contributed by atoms with Gasteiger partial charge in [0, 0.05) is 15.6 Å². The van der Waals surface area contributed by atoms with E-state index in [0.717, 1.165) is 5.57 Å². The zero-order valence-corrected chi connectivity index (χ0v) is 13.5. The zero-order valence-electron chi connectivity index (χ0n) is 12.0. The van der Waals surface area contributed by atoms with Crippen molar-refractivity contribution in [2.45, 2.75) is 6.92 Å². The first-order valence-electron chi connectivity index (χ1n) is 6.59. The first-order chi connectivity index (χ1) is 10.5. The van der Waals surface area contributed by atoms with E-state index in [1.165, 1.54) is 0 Å². The molecule has 0 aliphatic carbocycles. The van der Waals surface area contributed by atoms with Crippen molar-refractivity contribution < 1.29 is 9.53 Å². The Bertz CT molecular complexity index is 693. The predicted octanol–water partition coefficient (Wildman–Crippen LogP) is 5.20. The number of carbonyl (C=O) groups is 1. The minimum Gasteiger partial charge on any atom is -0.487 e. The SMILES string of the molecule is C=C(C)COc1ccccc1NC(=O)c1cc(Cl)cc(Cl)c1. The van der Waals surface area contributed by atoms with Crippen molar-refractivity contribution in [1.29, 1.82) is 0 Å². The summed E-state index contributed by atoms with van der Waals surface area (Å²) >= 11 is 11.8. The van der Waals surface area contributed by atoms with Gasteiger partial charge in [-0.25, -0.2) is 0 Å². The van der Waals surface area contributed by atoms with Gasteiger partial charge in [0.25, 0.3) is 5.91 Å². The molecule has 0 atom stereocenters. The monoisotopic (exact) mass is 335 g/mol. The second-order valence-electron chi connectivity index (χ2n) is 4.85. The molecule has 0 aromatic heterocycles. The van der Waals surface area contributed by atoms with Crippen molar-refractivity contribution in [2.75, 3.05) is 11.9 Å². The standard InChI is InChI=1S/C17H15Cl2NO2/c1-11(2)10-22-16-6-4-3-5-15(16)20-17(21)12-7-13(18)9-14(19)8-12/h3-9H,1,10H2,2H3,(H,20,21). The summed E-state index contributed by atoms with van der Waals surface area (Å²) in [5.41, 5.74) is 1.85. The van der Waals surface area contributed by atoms with Crippen LogP contribution < -0.4 is 10.1 Å². The molecule has 0 saturated heterocycles. The maximum Gasteiger partial charge on any atom is 0.255 e. The average Bonchev–Trinajstić information content (AvgIpc) is 2.45. The van der Waals surface area contributed by atoms with E-state index in [1.807, 2.05) is 19.1 Å². The van der Waals surface area contributed by atoms with Crippen LogP contribution in [-0.2, 0) is 0 Å². The van der Waals surface area contributed by atoms with E-state index in [9.17, 15) is 4.79 Å². The number of para-hydroxylation sites is 2. The normalized spacial score (nSPS) is 10.1. The maximum atomic E-state index is 12.3. The molecule has 2 aromatic rings. The fourth-order valence-electron chi connectivity index (χ4n) is 1.78. The Morgan fingerprint density at radius 2 is 1.82 bits per heavy atom. The van der Waals surface area contributed by atoms with Gasteiger partial charge in [-0.05, 0) is 42.8 Å². The molecule has 0 radical (unpaired) electrons. The molecule has 0 aliphatic rings. The van der Waals surface area contributed by atoms with Crippen molar-refractivity contribution >= 4 is 34.8 Å². The summed E-state index contributed by atoms with van der Waals surface area (Å²) in [6.45, 7) is 6.04. The van der Waals surface area contributed by atoms with E-state index in [1.54, 1.807) is 30.3 Å². The molecule has 2 aromatic carbocycles. The minimum absolute atomic E-state index is 0.309. The zero-order chi connectivity index (χ0) is 16.1. The largest absolute Gasteiger partial charge is 0.487 e. The number of amides is 1. The topological polar surface area (TPSA) is 38.3 Å². The predicted molar refractivity (Wildman–Crippen MR) is 91.2 cm³/mol. The van der Waals surface area contributed by atoms with Gasteiger partial charge in [0.15, 0.2) is 0 Å². The van der Waals surface area contributed by atoms with Crippen LogP contribution in [0.15, 0.2) is 54.6 Å². The van der Waals surface area contributed by atoms with Gasteiger partial charge in [-0.3, -0.25) is 4.79 Å². The van der Waals surface area contributed by atoms with Gasteiger partial charge in [-0.1, -0.05) is 41.9 Å². The van der Waals surface area contributed by atoms with Crippen LogP contribution in [0.5, 0.6) is 5.75 Å². The lowest BCUT2D eigenvalue weighted by molar-refractivity contribution is 0.102. The van der Waals surface area contributed by atoms with Gasteiger partial charge in [-0.2, -0.15) is 0 Å². The third kappa shape index (κ3) is 4.52. The number of anilines is 1. The molecule has 114 valence electrons. The molecule has 0 spiro atoms. The number of benzene rings is 2. The molecule has 5 heteroatoms. The fourth-order valence-corrected chi connectivity index (χ4v) is 2.30. The highest BCUT2D eigenvalue weighted by molar-refractivity contribution is 6.35. The summed E-state index contributed by atoms with van der Waals surface area (Å²) in [7, 11) is 0. The summed E-state index contributed by atoms with van der Waals surface area (Å²) in [5, 5.41) is 3.61. The summed E-state index contributed by atoms with van der Waals surface area (Å²) in [5.74, 6) is 0.266. The van der Waals surface area contributed by atoms with Crippen molar-refractivity contribution in [2.24, 2.45) is 0 Å². The molecule has 22 heavy (non-hydrogen) atoms. The van der Waals surface area contributed by atoms with E-state index in [-0.39, 0.29) is 5.91 Å². The lowest BCUT2D eigenvalue weighted by Crippen LogP contribution is -2.13. The van der Waals surface area contributed by atoms with E-state index in [2.05, 4.69) is 11.9 Å². The molecule has 0 unspecified atom stereocenters. The second-order valence-corrected chi connectivity index (χ2v) is 5.73. The number of rotatable bonds is 5. The van der Waals surface area contributed by atoms with E-state index in [0.29, 0.717) is 33.7 Å². The molecular weight excluding hydrogens is 321 g/mol. The molecule has 3 nitrogen and oxygen atoms in total. The number of carbonyl (C=O) groups excluding carboxylic acids is 1. The molecule has 0 heterocycles.